The number of carbonyl (C=O) groups is 1. The summed E-state index contributed by atoms with van der Waals surface area (Å²) in [5.41, 5.74) is 16.4. The van der Waals surface area contributed by atoms with Gasteiger partial charge in [-0.3, -0.25) is 0 Å². The Morgan fingerprint density at radius 2 is 1.93 bits per heavy atom. The molecular formula is C35H35N6O2Si+. The van der Waals surface area contributed by atoms with Crippen molar-refractivity contribution in [1.82, 2.24) is 19.8 Å². The van der Waals surface area contributed by atoms with Crippen LogP contribution >= 0.6 is 0 Å². The molecule has 0 bridgehead atoms. The van der Waals surface area contributed by atoms with Crippen LogP contribution in [0, 0.1) is 0 Å². The van der Waals surface area contributed by atoms with E-state index >= 15 is 0 Å². The lowest BCUT2D eigenvalue weighted by Crippen LogP contribution is -2.78. The number of rotatable bonds is 4. The van der Waals surface area contributed by atoms with Crippen LogP contribution < -0.4 is 20.7 Å². The lowest BCUT2D eigenvalue weighted by Gasteiger charge is -2.58. The third-order valence-electron chi connectivity index (χ3n) is 10.0. The molecule has 44 heavy (non-hydrogen) atoms. The molecule has 5 heterocycles. The maximum Gasteiger partial charge on any atom is 0.319 e. The SMILES string of the molecule is CN(C)C(=O)N1CC=C(c2cc3c(-c4cccc(N)c4CO)[n+](-c4ccc5c(c4)[SiH]4c6ccccc6C54C)cnc3[nH]2)CC1. The Kier molecular flexibility index (Phi) is 5.88. The number of aliphatic hydroxyl groups is 1. The summed E-state index contributed by atoms with van der Waals surface area (Å²) in [5, 5.41) is 14.7. The lowest BCUT2D eigenvalue weighted by molar-refractivity contribution is -0.585. The van der Waals surface area contributed by atoms with E-state index in [1.165, 1.54) is 16.3 Å². The number of hydrogen-bond donors (Lipinski definition) is 3. The van der Waals surface area contributed by atoms with Gasteiger partial charge in [0.05, 0.1) is 12.0 Å². The van der Waals surface area contributed by atoms with Crippen molar-refractivity contribution in [1.29, 1.82) is 0 Å². The zero-order valence-corrected chi connectivity index (χ0v) is 26.3. The van der Waals surface area contributed by atoms with Gasteiger partial charge in [-0.05, 0) is 57.6 Å². The van der Waals surface area contributed by atoms with Crippen LogP contribution in [0.5, 0.6) is 0 Å². The molecule has 0 spiro atoms. The lowest BCUT2D eigenvalue weighted by atomic mass is 9.88. The first-order chi connectivity index (χ1) is 21.3. The van der Waals surface area contributed by atoms with Crippen molar-refractivity contribution in [2.75, 3.05) is 32.9 Å². The third-order valence-corrected chi connectivity index (χ3v) is 14.0. The van der Waals surface area contributed by atoms with Crippen LogP contribution in [-0.2, 0) is 11.6 Å². The number of fused-ring (bicyclic) bond motifs is 8. The quantitative estimate of drug-likeness (QED) is 0.168. The van der Waals surface area contributed by atoms with Gasteiger partial charge in [0.25, 0.3) is 12.0 Å². The van der Waals surface area contributed by atoms with Crippen molar-refractivity contribution in [3.63, 3.8) is 0 Å². The molecule has 4 N–H and O–H groups in total. The van der Waals surface area contributed by atoms with Crippen LogP contribution in [0.25, 0.3) is 33.6 Å². The molecule has 8 nitrogen and oxygen atoms in total. The maximum atomic E-state index is 12.5. The van der Waals surface area contributed by atoms with Crippen LogP contribution in [0.15, 0.2) is 79.1 Å². The van der Waals surface area contributed by atoms with Gasteiger partial charge < -0.3 is 25.6 Å². The fraction of sp³-hybridized carbons (Fsp3) is 0.229. The highest BCUT2D eigenvalue weighted by atomic mass is 28.3. The van der Waals surface area contributed by atoms with E-state index in [-0.39, 0.29) is 17.7 Å². The monoisotopic (exact) mass is 599 g/mol. The summed E-state index contributed by atoms with van der Waals surface area (Å²) in [7, 11) is 2.28. The smallest absolute Gasteiger partial charge is 0.319 e. The van der Waals surface area contributed by atoms with Gasteiger partial charge in [-0.25, -0.2) is 4.79 Å². The standard InChI is InChI=1S/C35H34N6O2Si/c1-35-26-8-4-5-10-30(26)44(35)31-17-22(11-12-27(31)35)41-20-37-33-24(32(41)23-7-6-9-28(36)25(23)19-42)18-29(38-33)21-13-15-40(16-14-21)34(43)39(2)3/h4-13,17-18,20,42,44H,14-16,19,36H2,1-3H3/p+1. The molecule has 2 atom stereocenters. The van der Waals surface area contributed by atoms with Crippen molar-refractivity contribution in [3.8, 4) is 16.9 Å². The van der Waals surface area contributed by atoms with E-state index in [9.17, 15) is 9.90 Å². The first kappa shape index (κ1) is 26.9. The van der Waals surface area contributed by atoms with E-state index in [1.807, 2.05) is 29.4 Å². The number of anilines is 1. The minimum absolute atomic E-state index is 0.0208. The number of nitrogen functional groups attached to an aromatic ring is 1. The fourth-order valence-electron chi connectivity index (χ4n) is 7.77. The Morgan fingerprint density at radius 3 is 2.70 bits per heavy atom. The minimum Gasteiger partial charge on any atom is -0.398 e. The summed E-state index contributed by atoms with van der Waals surface area (Å²) in [6.07, 6.45) is 4.75. The number of hydrogen-bond acceptors (Lipinski definition) is 4. The Balaban J connectivity index is 1.27. The predicted octanol–water partition coefficient (Wildman–Crippen LogP) is 2.87. The molecular weight excluding hydrogens is 565 g/mol. The number of aliphatic hydroxyl groups excluding tert-OH is 1. The van der Waals surface area contributed by atoms with Crippen molar-refractivity contribution in [3.05, 3.63) is 102 Å². The normalized spacial score (nSPS) is 19.8. The summed E-state index contributed by atoms with van der Waals surface area (Å²) >= 11 is 0. The molecule has 2 amide bonds. The average molecular weight is 600 g/mol. The summed E-state index contributed by atoms with van der Waals surface area (Å²) in [6.45, 7) is 3.47. The highest BCUT2D eigenvalue weighted by Gasteiger charge is 2.59. The summed E-state index contributed by atoms with van der Waals surface area (Å²) in [6, 6.07) is 23.8. The molecule has 0 saturated carbocycles. The van der Waals surface area contributed by atoms with Gasteiger partial charge in [-0.2, -0.15) is 4.57 Å². The molecule has 3 aromatic carbocycles. The maximum absolute atomic E-state index is 12.5. The molecule has 0 radical (unpaired) electrons. The van der Waals surface area contributed by atoms with E-state index in [2.05, 4.69) is 71.1 Å². The highest BCUT2D eigenvalue weighted by molar-refractivity contribution is 6.96. The number of nitrogens with one attached hydrogen (secondary N) is 1. The van der Waals surface area contributed by atoms with Gasteiger partial charge in [0.1, 0.15) is 14.5 Å². The van der Waals surface area contributed by atoms with Crippen LogP contribution in [0.3, 0.4) is 0 Å². The summed E-state index contributed by atoms with van der Waals surface area (Å²) in [4.78, 5) is 24.4. The first-order valence-corrected chi connectivity index (χ1v) is 16.9. The average Bonchev–Trinajstić information content (AvgIpc) is 3.48. The van der Waals surface area contributed by atoms with Gasteiger partial charge >= 0.3 is 6.03 Å². The zero-order valence-electron chi connectivity index (χ0n) is 25.1. The van der Waals surface area contributed by atoms with Crippen LogP contribution in [0.1, 0.15) is 35.7 Å². The first-order valence-electron chi connectivity index (χ1n) is 15.1. The molecule has 0 fully saturated rings. The Labute approximate surface area is 257 Å². The molecule has 2 aromatic heterocycles. The number of aromatic nitrogens is 3. The molecule has 3 aliphatic heterocycles. The van der Waals surface area contributed by atoms with Crippen LogP contribution in [0.2, 0.25) is 0 Å². The van der Waals surface area contributed by atoms with Gasteiger partial charge in [0.2, 0.25) is 0 Å². The third kappa shape index (κ3) is 3.63. The van der Waals surface area contributed by atoms with Crippen LogP contribution in [-0.4, -0.2) is 66.9 Å². The zero-order chi connectivity index (χ0) is 30.3. The molecule has 2 unspecified atom stereocenters. The molecule has 0 aliphatic carbocycles. The van der Waals surface area contributed by atoms with Crippen molar-refractivity contribution in [2.45, 2.75) is 25.0 Å². The predicted molar refractivity (Wildman–Crippen MR) is 176 cm³/mol. The summed E-state index contributed by atoms with van der Waals surface area (Å²) < 4.78 is 2.15. The fourth-order valence-corrected chi connectivity index (χ4v) is 12.1. The number of urea groups is 1. The van der Waals surface area contributed by atoms with E-state index < -0.39 is 8.80 Å². The van der Waals surface area contributed by atoms with E-state index in [0.717, 1.165) is 45.7 Å². The largest absolute Gasteiger partial charge is 0.398 e. The number of carbonyl (C=O) groups excluding carboxylic acids is 1. The molecule has 3 aliphatic rings. The van der Waals surface area contributed by atoms with Crippen molar-refractivity contribution in [2.24, 2.45) is 0 Å². The number of amides is 2. The number of nitrogens with two attached hydrogens (primary N) is 1. The second-order valence-corrected chi connectivity index (χ2v) is 15.8. The molecule has 0 saturated heterocycles. The second kappa shape index (κ2) is 9.64. The molecule has 220 valence electrons. The molecule has 9 heteroatoms. The van der Waals surface area contributed by atoms with E-state index in [0.29, 0.717) is 24.3 Å². The summed E-state index contributed by atoms with van der Waals surface area (Å²) in [5.74, 6) is 0. The van der Waals surface area contributed by atoms with Crippen molar-refractivity contribution >= 4 is 47.5 Å². The Morgan fingerprint density at radius 1 is 1.11 bits per heavy atom. The molecule has 5 aromatic rings. The number of benzene rings is 3. The highest BCUT2D eigenvalue weighted by Crippen LogP contribution is 2.47. The van der Waals surface area contributed by atoms with Gasteiger partial charge in [-0.1, -0.05) is 60.7 Å². The topological polar surface area (TPSA) is 102 Å². The second-order valence-electron chi connectivity index (χ2n) is 12.5. The number of H-pyrrole nitrogens is 1. The van der Waals surface area contributed by atoms with E-state index in [4.69, 9.17) is 10.7 Å². The number of aromatic amines is 1. The van der Waals surface area contributed by atoms with Gasteiger partial charge in [0, 0.05) is 54.7 Å². The van der Waals surface area contributed by atoms with Gasteiger partial charge in [-0.15, -0.1) is 0 Å². The van der Waals surface area contributed by atoms with E-state index in [1.54, 1.807) is 24.2 Å². The molecule has 8 rings (SSSR count). The minimum atomic E-state index is -1.28. The Bertz CT molecular complexity index is 2050. The Hall–Kier alpha value is -4.73. The van der Waals surface area contributed by atoms with Crippen LogP contribution in [0.4, 0.5) is 10.5 Å². The number of nitrogens with zero attached hydrogens (tertiary/aromatic N) is 4. The van der Waals surface area contributed by atoms with Gasteiger partial charge in [0.15, 0.2) is 5.69 Å². The van der Waals surface area contributed by atoms with Crippen molar-refractivity contribution < 1.29 is 14.5 Å².